The quantitative estimate of drug-likeness (QED) is 0.907. The molecule has 4 nitrogen and oxygen atoms in total. The monoisotopic (exact) mass is 279 g/mol. The maximum Gasteiger partial charge on any atom is 0.348 e. The van der Waals surface area contributed by atoms with E-state index in [1.54, 1.807) is 12.3 Å². The van der Waals surface area contributed by atoms with Gasteiger partial charge in [0.05, 0.1) is 5.69 Å². The number of hydrogen-bond acceptors (Lipinski definition) is 3. The Hall–Kier alpha value is -2.21. The number of carbonyl (C=O) groups is 2. The number of nitrogens with one attached hydrogen (secondary N) is 1. The molecule has 1 heterocycles. The first-order valence-corrected chi connectivity index (χ1v) is 6.25. The second-order valence-electron chi connectivity index (χ2n) is 3.88. The number of anilines is 1. The maximum absolute atomic E-state index is 13.0. The summed E-state index contributed by atoms with van der Waals surface area (Å²) in [6, 6.07) is 5.33. The van der Waals surface area contributed by atoms with E-state index in [9.17, 15) is 14.0 Å². The first-order chi connectivity index (χ1) is 8.99. The van der Waals surface area contributed by atoms with Gasteiger partial charge in [-0.3, -0.25) is 4.79 Å². The van der Waals surface area contributed by atoms with Crippen LogP contribution in [0.1, 0.15) is 25.6 Å². The van der Waals surface area contributed by atoms with Crippen LogP contribution < -0.4 is 5.32 Å². The molecule has 98 valence electrons. The van der Waals surface area contributed by atoms with Gasteiger partial charge in [-0.15, -0.1) is 11.3 Å². The fourth-order valence-electron chi connectivity index (χ4n) is 1.64. The van der Waals surface area contributed by atoms with E-state index in [1.807, 2.05) is 0 Å². The van der Waals surface area contributed by atoms with Gasteiger partial charge in [0.15, 0.2) is 0 Å². The van der Waals surface area contributed by atoms with Gasteiger partial charge in [-0.05, 0) is 42.1 Å². The van der Waals surface area contributed by atoms with Crippen molar-refractivity contribution in [2.24, 2.45) is 0 Å². The summed E-state index contributed by atoms with van der Waals surface area (Å²) >= 11 is 1.03. The Morgan fingerprint density at radius 2 is 2.05 bits per heavy atom. The molecule has 1 amide bonds. The zero-order valence-electron chi connectivity index (χ0n) is 9.94. The number of amides is 1. The Balaban J connectivity index is 2.26. The summed E-state index contributed by atoms with van der Waals surface area (Å²) < 4.78 is 13.0. The number of hydrogen-bond donors (Lipinski definition) is 2. The number of carboxylic acid groups (broad SMARTS) is 1. The topological polar surface area (TPSA) is 66.4 Å². The lowest BCUT2D eigenvalue weighted by Crippen LogP contribution is -2.14. The van der Waals surface area contributed by atoms with Crippen LogP contribution in [0.25, 0.3) is 0 Å². The first-order valence-electron chi connectivity index (χ1n) is 5.37. The van der Waals surface area contributed by atoms with Crippen LogP contribution in [0, 0.1) is 12.7 Å². The van der Waals surface area contributed by atoms with E-state index in [-0.39, 0.29) is 10.6 Å². The van der Waals surface area contributed by atoms with E-state index in [0.29, 0.717) is 11.1 Å². The lowest BCUT2D eigenvalue weighted by Gasteiger charge is -2.07. The van der Waals surface area contributed by atoms with Gasteiger partial charge in [-0.25, -0.2) is 9.18 Å². The molecule has 1 aromatic heterocycles. The van der Waals surface area contributed by atoms with Crippen molar-refractivity contribution >= 4 is 28.9 Å². The van der Waals surface area contributed by atoms with Gasteiger partial charge in [0, 0.05) is 5.56 Å². The third-order valence-corrected chi connectivity index (χ3v) is 3.44. The molecule has 0 unspecified atom stereocenters. The van der Waals surface area contributed by atoms with Gasteiger partial charge < -0.3 is 10.4 Å². The second-order valence-corrected chi connectivity index (χ2v) is 4.80. The number of benzene rings is 1. The summed E-state index contributed by atoms with van der Waals surface area (Å²) in [5.41, 5.74) is 1.04. The Kier molecular flexibility index (Phi) is 3.62. The van der Waals surface area contributed by atoms with Crippen molar-refractivity contribution in [1.29, 1.82) is 0 Å². The van der Waals surface area contributed by atoms with Gasteiger partial charge in [0.1, 0.15) is 10.7 Å². The summed E-state index contributed by atoms with van der Waals surface area (Å²) in [5, 5.41) is 13.0. The molecular formula is C13H10FNO3S. The van der Waals surface area contributed by atoms with Gasteiger partial charge in [-0.1, -0.05) is 0 Å². The Morgan fingerprint density at radius 1 is 1.32 bits per heavy atom. The van der Waals surface area contributed by atoms with Gasteiger partial charge in [0.2, 0.25) is 0 Å². The molecular weight excluding hydrogens is 269 g/mol. The van der Waals surface area contributed by atoms with E-state index in [4.69, 9.17) is 5.11 Å². The van der Waals surface area contributed by atoms with Crippen LogP contribution in [0.2, 0.25) is 0 Å². The second kappa shape index (κ2) is 5.19. The predicted molar refractivity (Wildman–Crippen MR) is 70.4 cm³/mol. The molecule has 0 radical (unpaired) electrons. The highest BCUT2D eigenvalue weighted by Gasteiger charge is 2.16. The fraction of sp³-hybridized carbons (Fsp3) is 0.0769. The predicted octanol–water partition coefficient (Wildman–Crippen LogP) is 3.15. The van der Waals surface area contributed by atoms with Crippen molar-refractivity contribution in [2.45, 2.75) is 6.92 Å². The normalized spacial score (nSPS) is 10.2. The van der Waals surface area contributed by atoms with Crippen molar-refractivity contribution in [3.8, 4) is 0 Å². The average molecular weight is 279 g/mol. The molecule has 1 aromatic carbocycles. The summed E-state index contributed by atoms with van der Waals surface area (Å²) in [5.74, 6) is -1.98. The molecule has 2 aromatic rings. The van der Waals surface area contributed by atoms with Crippen LogP contribution in [-0.4, -0.2) is 17.0 Å². The summed E-state index contributed by atoms with van der Waals surface area (Å²) in [6.45, 7) is 1.61. The first kappa shape index (κ1) is 13.2. The van der Waals surface area contributed by atoms with E-state index in [0.717, 1.165) is 11.3 Å². The fourth-order valence-corrected chi connectivity index (χ4v) is 2.33. The average Bonchev–Trinajstić information content (AvgIpc) is 2.76. The smallest absolute Gasteiger partial charge is 0.348 e. The third kappa shape index (κ3) is 2.79. The van der Waals surface area contributed by atoms with E-state index in [2.05, 4.69) is 5.32 Å². The van der Waals surface area contributed by atoms with Crippen LogP contribution in [0.3, 0.4) is 0 Å². The summed E-state index contributed by atoms with van der Waals surface area (Å²) in [4.78, 5) is 23.0. The highest BCUT2D eigenvalue weighted by atomic mass is 32.1. The van der Waals surface area contributed by atoms with Crippen molar-refractivity contribution < 1.29 is 19.1 Å². The molecule has 0 bridgehead atoms. The van der Waals surface area contributed by atoms with Crippen LogP contribution in [0.15, 0.2) is 29.6 Å². The molecule has 6 heteroatoms. The van der Waals surface area contributed by atoms with Crippen molar-refractivity contribution in [2.75, 3.05) is 5.32 Å². The Labute approximate surface area is 112 Å². The Bertz CT molecular complexity index is 651. The van der Waals surface area contributed by atoms with Crippen molar-refractivity contribution in [1.82, 2.24) is 0 Å². The highest BCUT2D eigenvalue weighted by Crippen LogP contribution is 2.23. The minimum Gasteiger partial charge on any atom is -0.477 e. The molecule has 0 spiro atoms. The van der Waals surface area contributed by atoms with E-state index < -0.39 is 17.7 Å². The van der Waals surface area contributed by atoms with Crippen LogP contribution in [0.5, 0.6) is 0 Å². The molecule has 0 saturated carbocycles. The van der Waals surface area contributed by atoms with Crippen molar-refractivity contribution in [3.63, 3.8) is 0 Å². The number of aryl methyl sites for hydroxylation is 1. The number of carboxylic acids is 1. The summed E-state index contributed by atoms with van der Waals surface area (Å²) in [7, 11) is 0. The maximum atomic E-state index is 13.0. The van der Waals surface area contributed by atoms with Crippen LogP contribution >= 0.6 is 11.3 Å². The van der Waals surface area contributed by atoms with Gasteiger partial charge >= 0.3 is 5.97 Å². The van der Waals surface area contributed by atoms with E-state index >= 15 is 0 Å². The number of carbonyl (C=O) groups excluding carboxylic acids is 1. The lowest BCUT2D eigenvalue weighted by molar-refractivity contribution is 0.0703. The van der Waals surface area contributed by atoms with Crippen molar-refractivity contribution in [3.05, 3.63) is 51.5 Å². The van der Waals surface area contributed by atoms with Crippen LogP contribution in [0.4, 0.5) is 10.1 Å². The number of rotatable bonds is 3. The summed E-state index contributed by atoms with van der Waals surface area (Å²) in [6.07, 6.45) is 0. The zero-order chi connectivity index (χ0) is 14.0. The zero-order valence-corrected chi connectivity index (χ0v) is 10.8. The lowest BCUT2D eigenvalue weighted by atomic mass is 10.1. The minimum absolute atomic E-state index is 0.0631. The molecule has 0 aliphatic carbocycles. The Morgan fingerprint density at radius 3 is 2.68 bits per heavy atom. The molecule has 0 aliphatic rings. The molecule has 0 saturated heterocycles. The molecule has 19 heavy (non-hydrogen) atoms. The number of halogens is 1. The molecule has 2 rings (SSSR count). The SMILES string of the molecule is Cc1cc(F)ccc1C(=O)Nc1ccsc1C(=O)O. The van der Waals surface area contributed by atoms with E-state index in [1.165, 1.54) is 24.3 Å². The number of thiophene rings is 1. The largest absolute Gasteiger partial charge is 0.477 e. The number of aromatic carboxylic acids is 1. The van der Waals surface area contributed by atoms with Gasteiger partial charge in [0.25, 0.3) is 5.91 Å². The molecule has 0 aliphatic heterocycles. The molecule has 0 atom stereocenters. The standard InChI is InChI=1S/C13H10FNO3S/c1-7-6-8(14)2-3-9(7)12(16)15-10-4-5-19-11(10)13(17)18/h2-6H,1H3,(H,15,16)(H,17,18). The van der Waals surface area contributed by atoms with Gasteiger partial charge in [-0.2, -0.15) is 0 Å². The molecule has 2 N–H and O–H groups in total. The molecule has 0 fully saturated rings. The third-order valence-electron chi connectivity index (χ3n) is 2.54. The highest BCUT2D eigenvalue weighted by molar-refractivity contribution is 7.12. The minimum atomic E-state index is -1.10. The van der Waals surface area contributed by atoms with Crippen LogP contribution in [-0.2, 0) is 0 Å².